The second-order valence-electron chi connectivity index (χ2n) is 5.69. The van der Waals surface area contributed by atoms with Gasteiger partial charge in [-0.15, -0.1) is 0 Å². The maximum Gasteiger partial charge on any atom is 0.342 e. The summed E-state index contributed by atoms with van der Waals surface area (Å²) in [5.74, 6) is -2.33. The van der Waals surface area contributed by atoms with Crippen molar-refractivity contribution < 1.29 is 33.7 Å². The number of aromatic hydroxyl groups is 1. The number of ether oxygens (including phenoxy) is 3. The zero-order valence-corrected chi connectivity index (χ0v) is 14.6. The number of fused-ring (bicyclic) bond motifs is 1. The van der Waals surface area contributed by atoms with Crippen LogP contribution in [0, 0.1) is 5.41 Å². The van der Waals surface area contributed by atoms with Gasteiger partial charge in [0.1, 0.15) is 11.3 Å². The number of hydrogen-bond donors (Lipinski definition) is 1. The van der Waals surface area contributed by atoms with E-state index in [1.54, 1.807) is 26.8 Å². The van der Waals surface area contributed by atoms with E-state index in [4.69, 9.17) is 14.2 Å². The Hall–Kier alpha value is -2.57. The Morgan fingerprint density at radius 3 is 2.04 bits per heavy atom. The average molecular weight is 350 g/mol. The first-order chi connectivity index (χ1) is 11.9. The fourth-order valence-corrected chi connectivity index (χ4v) is 3.08. The van der Waals surface area contributed by atoms with Gasteiger partial charge in [0.25, 0.3) is 0 Å². The highest BCUT2D eigenvalue weighted by Gasteiger charge is 2.54. The normalized spacial score (nSPS) is 14.5. The van der Waals surface area contributed by atoms with Crippen molar-refractivity contribution in [1.82, 2.24) is 0 Å². The minimum absolute atomic E-state index is 0.0187. The van der Waals surface area contributed by atoms with Crippen molar-refractivity contribution in [3.63, 3.8) is 0 Å². The maximum absolute atomic E-state index is 12.5. The number of phenolic OH excluding ortho intramolecular Hbond substituents is 1. The molecular weight excluding hydrogens is 328 g/mol. The van der Waals surface area contributed by atoms with Crippen LogP contribution in [0.15, 0.2) is 12.1 Å². The van der Waals surface area contributed by atoms with Crippen molar-refractivity contribution in [3.05, 3.63) is 28.8 Å². The molecule has 0 atom stereocenters. The zero-order valence-electron chi connectivity index (χ0n) is 14.6. The predicted octanol–water partition coefficient (Wildman–Crippen LogP) is 1.78. The van der Waals surface area contributed by atoms with Crippen LogP contribution in [-0.4, -0.2) is 42.8 Å². The van der Waals surface area contributed by atoms with Gasteiger partial charge in [-0.2, -0.15) is 0 Å². The third-order valence-electron chi connectivity index (χ3n) is 4.17. The summed E-state index contributed by atoms with van der Waals surface area (Å²) in [5.41, 5.74) is -0.542. The summed E-state index contributed by atoms with van der Waals surface area (Å²) in [6, 6.07) is 2.95. The minimum atomic E-state index is -1.55. The molecule has 1 aromatic rings. The molecule has 1 aliphatic carbocycles. The first-order valence-corrected chi connectivity index (χ1v) is 8.26. The van der Waals surface area contributed by atoms with Crippen LogP contribution in [0.3, 0.4) is 0 Å². The van der Waals surface area contributed by atoms with E-state index in [1.807, 2.05) is 0 Å². The number of carbonyl (C=O) groups excluding carboxylic acids is 3. The van der Waals surface area contributed by atoms with Crippen molar-refractivity contribution >= 4 is 17.9 Å². The monoisotopic (exact) mass is 350 g/mol. The van der Waals surface area contributed by atoms with Gasteiger partial charge in [-0.25, -0.2) is 4.79 Å². The van der Waals surface area contributed by atoms with Gasteiger partial charge in [0.2, 0.25) is 0 Å². The van der Waals surface area contributed by atoms with Gasteiger partial charge in [0.15, 0.2) is 5.41 Å². The van der Waals surface area contributed by atoms with Crippen molar-refractivity contribution in [1.29, 1.82) is 0 Å². The molecule has 0 unspecified atom stereocenters. The Morgan fingerprint density at radius 1 is 0.960 bits per heavy atom. The van der Waals surface area contributed by atoms with Crippen LogP contribution in [0.5, 0.6) is 5.75 Å². The summed E-state index contributed by atoms with van der Waals surface area (Å²) in [7, 11) is 0. The van der Waals surface area contributed by atoms with E-state index < -0.39 is 23.3 Å². The molecule has 1 aliphatic rings. The van der Waals surface area contributed by atoms with E-state index in [0.717, 1.165) is 0 Å². The van der Waals surface area contributed by atoms with Crippen molar-refractivity contribution in [2.75, 3.05) is 19.8 Å². The topological polar surface area (TPSA) is 99.1 Å². The summed E-state index contributed by atoms with van der Waals surface area (Å²) >= 11 is 0. The highest BCUT2D eigenvalue weighted by molar-refractivity contribution is 6.03. The molecule has 0 bridgehead atoms. The molecule has 1 aromatic carbocycles. The number of phenols is 1. The van der Waals surface area contributed by atoms with Crippen molar-refractivity contribution in [3.8, 4) is 5.75 Å². The SMILES string of the molecule is CCOC(=O)c1c(O)ccc2c1CC(C(=O)OCC)(C(=O)OCC)C2. The van der Waals surface area contributed by atoms with Crippen LogP contribution in [0.2, 0.25) is 0 Å². The Labute approximate surface area is 145 Å². The molecule has 7 nitrogen and oxygen atoms in total. The summed E-state index contributed by atoms with van der Waals surface area (Å²) in [5, 5.41) is 10.1. The quantitative estimate of drug-likeness (QED) is 0.474. The largest absolute Gasteiger partial charge is 0.507 e. The molecule has 1 N–H and O–H groups in total. The van der Waals surface area contributed by atoms with Crippen LogP contribution in [0.1, 0.15) is 42.3 Å². The average Bonchev–Trinajstić information content (AvgIpc) is 2.96. The van der Waals surface area contributed by atoms with Gasteiger partial charge in [0, 0.05) is 6.42 Å². The van der Waals surface area contributed by atoms with Gasteiger partial charge in [-0.3, -0.25) is 9.59 Å². The summed E-state index contributed by atoms with van der Waals surface area (Å²) < 4.78 is 15.2. The fourth-order valence-electron chi connectivity index (χ4n) is 3.08. The molecule has 2 rings (SSSR count). The number of benzene rings is 1. The van der Waals surface area contributed by atoms with Crippen LogP contribution in [0.4, 0.5) is 0 Å². The van der Waals surface area contributed by atoms with Gasteiger partial charge in [-0.1, -0.05) is 6.07 Å². The highest BCUT2D eigenvalue weighted by Crippen LogP contribution is 2.43. The highest BCUT2D eigenvalue weighted by atomic mass is 16.6. The molecule has 25 heavy (non-hydrogen) atoms. The number of hydrogen-bond acceptors (Lipinski definition) is 7. The lowest BCUT2D eigenvalue weighted by Gasteiger charge is -2.24. The van der Waals surface area contributed by atoms with Gasteiger partial charge in [0.05, 0.1) is 19.8 Å². The number of rotatable bonds is 6. The lowest BCUT2D eigenvalue weighted by Crippen LogP contribution is -2.43. The molecule has 0 spiro atoms. The van der Waals surface area contributed by atoms with Gasteiger partial charge < -0.3 is 19.3 Å². The second-order valence-corrected chi connectivity index (χ2v) is 5.69. The number of esters is 3. The fraction of sp³-hybridized carbons (Fsp3) is 0.500. The molecule has 0 aromatic heterocycles. The lowest BCUT2D eigenvalue weighted by atomic mass is 9.84. The molecule has 0 amide bonds. The Morgan fingerprint density at radius 2 is 1.52 bits per heavy atom. The first kappa shape index (κ1) is 18.8. The first-order valence-electron chi connectivity index (χ1n) is 8.26. The van der Waals surface area contributed by atoms with E-state index in [1.165, 1.54) is 6.07 Å². The minimum Gasteiger partial charge on any atom is -0.507 e. The smallest absolute Gasteiger partial charge is 0.342 e. The molecule has 7 heteroatoms. The summed E-state index contributed by atoms with van der Waals surface area (Å²) in [4.78, 5) is 37.3. The maximum atomic E-state index is 12.5. The zero-order chi connectivity index (χ0) is 18.6. The standard InChI is InChI=1S/C18H22O7/c1-4-23-15(20)14-12-10-18(16(21)24-5-2,17(22)25-6-3)9-11(12)7-8-13(14)19/h7-8,19H,4-6,9-10H2,1-3H3. The third-order valence-corrected chi connectivity index (χ3v) is 4.17. The molecule has 0 saturated carbocycles. The summed E-state index contributed by atoms with van der Waals surface area (Å²) in [6.07, 6.45) is -0.0325. The van der Waals surface area contributed by atoms with Crippen LogP contribution in [-0.2, 0) is 36.6 Å². The Kier molecular flexibility index (Phi) is 5.66. The molecule has 0 radical (unpaired) electrons. The number of carbonyl (C=O) groups is 3. The van der Waals surface area contributed by atoms with E-state index >= 15 is 0 Å². The predicted molar refractivity (Wildman–Crippen MR) is 87.2 cm³/mol. The lowest BCUT2D eigenvalue weighted by molar-refractivity contribution is -0.171. The van der Waals surface area contributed by atoms with Crippen molar-refractivity contribution in [2.24, 2.45) is 5.41 Å². The second kappa shape index (κ2) is 7.55. The van der Waals surface area contributed by atoms with Crippen LogP contribution in [0.25, 0.3) is 0 Å². The molecule has 0 aliphatic heterocycles. The molecule has 0 heterocycles. The van der Waals surface area contributed by atoms with E-state index in [9.17, 15) is 19.5 Å². The van der Waals surface area contributed by atoms with Crippen LogP contribution >= 0.6 is 0 Å². The van der Waals surface area contributed by atoms with E-state index in [2.05, 4.69) is 0 Å². The molecule has 0 fully saturated rings. The molecule has 0 saturated heterocycles. The summed E-state index contributed by atoms with van der Waals surface area (Å²) in [6.45, 7) is 5.32. The van der Waals surface area contributed by atoms with Gasteiger partial charge in [-0.05, 0) is 44.4 Å². The molecule has 136 valence electrons. The Bertz CT molecular complexity index is 675. The van der Waals surface area contributed by atoms with Crippen molar-refractivity contribution in [2.45, 2.75) is 33.6 Å². The third kappa shape index (κ3) is 3.31. The van der Waals surface area contributed by atoms with Crippen LogP contribution < -0.4 is 0 Å². The molecular formula is C18H22O7. The van der Waals surface area contributed by atoms with Gasteiger partial charge >= 0.3 is 17.9 Å². The Balaban J connectivity index is 2.51. The van der Waals surface area contributed by atoms with E-state index in [-0.39, 0.29) is 44.0 Å². The van der Waals surface area contributed by atoms with E-state index in [0.29, 0.717) is 11.1 Å².